The molecule has 0 spiro atoms. The third-order valence-corrected chi connectivity index (χ3v) is 5.75. The molecule has 9 nitrogen and oxygen atoms in total. The van der Waals surface area contributed by atoms with Crippen LogP contribution in [0, 0.1) is 5.82 Å². The van der Waals surface area contributed by atoms with Gasteiger partial charge in [-0.05, 0) is 62.7 Å². The molecule has 0 radical (unpaired) electrons. The molecule has 3 rings (SSSR count). The molecule has 1 unspecified atom stereocenters. The number of hydrogen-bond donors (Lipinski definition) is 3. The molecule has 0 bridgehead atoms. The number of nitrogens with one attached hydrogen (secondary N) is 1. The minimum Gasteiger partial charge on any atom is -0.452 e. The highest BCUT2D eigenvalue weighted by Gasteiger charge is 2.37. The van der Waals surface area contributed by atoms with Crippen LogP contribution in [0.4, 0.5) is 25.4 Å². The lowest BCUT2D eigenvalue weighted by molar-refractivity contribution is 0.0796. The van der Waals surface area contributed by atoms with E-state index < -0.39 is 23.6 Å². The molecule has 2 amide bonds. The molecule has 4 N–H and O–H groups in total. The van der Waals surface area contributed by atoms with Crippen molar-refractivity contribution in [1.82, 2.24) is 5.32 Å². The average Bonchev–Trinajstić information content (AvgIpc) is 2.81. The number of rotatable bonds is 7. The SMILES string of the molecule is COC(=O)N1c2ccc(C(CN)CNCC(C)(C)O)cc2N(C(=O)Oc2ccc(F)cc2)C[C@@H]1C. The average molecular weight is 489 g/mol. The van der Waals surface area contributed by atoms with Gasteiger partial charge in [-0.2, -0.15) is 0 Å². The third-order valence-electron chi connectivity index (χ3n) is 5.75. The summed E-state index contributed by atoms with van der Waals surface area (Å²) < 4.78 is 23.7. The van der Waals surface area contributed by atoms with Crippen LogP contribution in [0.3, 0.4) is 0 Å². The molecule has 2 atom stereocenters. The van der Waals surface area contributed by atoms with Crippen LogP contribution < -0.4 is 25.6 Å². The summed E-state index contributed by atoms with van der Waals surface area (Å²) in [4.78, 5) is 28.6. The van der Waals surface area contributed by atoms with E-state index in [1.807, 2.05) is 12.1 Å². The Morgan fingerprint density at radius 3 is 2.49 bits per heavy atom. The Kier molecular flexibility index (Phi) is 8.31. The summed E-state index contributed by atoms with van der Waals surface area (Å²) in [6.45, 7) is 6.61. The summed E-state index contributed by atoms with van der Waals surface area (Å²) in [5.41, 5.74) is 6.99. The van der Waals surface area contributed by atoms with Crippen LogP contribution >= 0.6 is 0 Å². The van der Waals surface area contributed by atoms with Crippen LogP contribution in [0.1, 0.15) is 32.3 Å². The van der Waals surface area contributed by atoms with Gasteiger partial charge >= 0.3 is 12.2 Å². The Morgan fingerprint density at radius 2 is 1.89 bits per heavy atom. The van der Waals surface area contributed by atoms with Crippen LogP contribution in [-0.4, -0.2) is 62.2 Å². The molecule has 1 heterocycles. The molecule has 2 aromatic carbocycles. The number of benzene rings is 2. The van der Waals surface area contributed by atoms with E-state index in [2.05, 4.69) is 5.32 Å². The second-order valence-corrected chi connectivity index (χ2v) is 9.25. The molecular weight excluding hydrogens is 455 g/mol. The Balaban J connectivity index is 1.94. The van der Waals surface area contributed by atoms with Crippen molar-refractivity contribution in [3.8, 4) is 5.75 Å². The molecule has 0 saturated heterocycles. The fourth-order valence-electron chi connectivity index (χ4n) is 3.99. The van der Waals surface area contributed by atoms with Crippen molar-refractivity contribution in [3.05, 3.63) is 53.8 Å². The number of fused-ring (bicyclic) bond motifs is 1. The van der Waals surface area contributed by atoms with E-state index in [-0.39, 0.29) is 24.3 Å². The zero-order valence-corrected chi connectivity index (χ0v) is 20.5. The van der Waals surface area contributed by atoms with Crippen LogP contribution in [0.25, 0.3) is 0 Å². The number of carbonyl (C=O) groups excluding carboxylic acids is 2. The van der Waals surface area contributed by atoms with E-state index >= 15 is 0 Å². The first kappa shape index (κ1) is 26.4. The van der Waals surface area contributed by atoms with Gasteiger partial charge in [0.25, 0.3) is 0 Å². The maximum Gasteiger partial charge on any atom is 0.419 e. The van der Waals surface area contributed by atoms with Gasteiger partial charge in [0, 0.05) is 25.6 Å². The Hall–Kier alpha value is -3.21. The quantitative estimate of drug-likeness (QED) is 0.548. The molecule has 0 saturated carbocycles. The summed E-state index contributed by atoms with van der Waals surface area (Å²) in [6, 6.07) is 10.2. The Labute approximate surface area is 204 Å². The van der Waals surface area contributed by atoms with Crippen molar-refractivity contribution in [2.45, 2.75) is 38.3 Å². The maximum atomic E-state index is 13.3. The lowest BCUT2D eigenvalue weighted by Crippen LogP contribution is -2.52. The van der Waals surface area contributed by atoms with Gasteiger partial charge in [-0.25, -0.2) is 14.0 Å². The minimum atomic E-state index is -0.868. The highest BCUT2D eigenvalue weighted by molar-refractivity contribution is 6.01. The molecular formula is C25H33FN4O5. The zero-order chi connectivity index (χ0) is 25.8. The van der Waals surface area contributed by atoms with Gasteiger partial charge in [0.2, 0.25) is 0 Å². The van der Waals surface area contributed by atoms with Crippen LogP contribution in [0.5, 0.6) is 5.75 Å². The van der Waals surface area contributed by atoms with Gasteiger partial charge in [0.05, 0.1) is 36.7 Å². The Morgan fingerprint density at radius 1 is 1.20 bits per heavy atom. The number of methoxy groups -OCH3 is 1. The van der Waals surface area contributed by atoms with Crippen molar-refractivity contribution in [2.75, 3.05) is 43.1 Å². The minimum absolute atomic E-state index is 0.108. The predicted molar refractivity (Wildman–Crippen MR) is 132 cm³/mol. The molecule has 1 aliphatic rings. The van der Waals surface area contributed by atoms with Crippen molar-refractivity contribution < 1.29 is 28.6 Å². The number of ether oxygens (including phenoxy) is 2. The molecule has 10 heteroatoms. The second-order valence-electron chi connectivity index (χ2n) is 9.25. The number of hydrogen-bond acceptors (Lipinski definition) is 7. The normalized spacial score (nSPS) is 16.5. The summed E-state index contributed by atoms with van der Waals surface area (Å²) >= 11 is 0. The van der Waals surface area contributed by atoms with Gasteiger partial charge in [-0.1, -0.05) is 6.07 Å². The first-order valence-electron chi connectivity index (χ1n) is 11.4. The summed E-state index contributed by atoms with van der Waals surface area (Å²) in [5, 5.41) is 13.2. The monoisotopic (exact) mass is 488 g/mol. The molecule has 190 valence electrons. The molecule has 35 heavy (non-hydrogen) atoms. The van der Waals surface area contributed by atoms with Gasteiger partial charge in [0.15, 0.2) is 0 Å². The molecule has 0 aromatic heterocycles. The van der Waals surface area contributed by atoms with Gasteiger partial charge in [-0.15, -0.1) is 0 Å². The highest BCUT2D eigenvalue weighted by atomic mass is 19.1. The second kappa shape index (κ2) is 11.0. The summed E-state index contributed by atoms with van der Waals surface area (Å²) in [6.07, 6.45) is -1.20. The fourth-order valence-corrected chi connectivity index (χ4v) is 3.99. The van der Waals surface area contributed by atoms with E-state index in [0.717, 1.165) is 5.56 Å². The topological polar surface area (TPSA) is 117 Å². The van der Waals surface area contributed by atoms with Crippen molar-refractivity contribution in [2.24, 2.45) is 5.73 Å². The molecule has 0 fully saturated rings. The van der Waals surface area contributed by atoms with Crippen molar-refractivity contribution >= 4 is 23.6 Å². The lowest BCUT2D eigenvalue weighted by Gasteiger charge is -2.40. The Bertz CT molecular complexity index is 1040. The smallest absolute Gasteiger partial charge is 0.419 e. The van der Waals surface area contributed by atoms with Crippen LogP contribution in [0.15, 0.2) is 42.5 Å². The van der Waals surface area contributed by atoms with E-state index in [1.54, 1.807) is 26.8 Å². The third kappa shape index (κ3) is 6.47. The van der Waals surface area contributed by atoms with Gasteiger partial charge in [-0.3, -0.25) is 9.80 Å². The number of nitrogens with zero attached hydrogens (tertiary/aromatic N) is 2. The number of amides is 2. The van der Waals surface area contributed by atoms with E-state index in [1.165, 1.54) is 41.2 Å². The largest absolute Gasteiger partial charge is 0.452 e. The number of anilines is 2. The summed E-state index contributed by atoms with van der Waals surface area (Å²) in [5.74, 6) is -0.345. The zero-order valence-electron chi connectivity index (χ0n) is 20.5. The van der Waals surface area contributed by atoms with Crippen LogP contribution in [0.2, 0.25) is 0 Å². The van der Waals surface area contributed by atoms with E-state index in [0.29, 0.717) is 31.0 Å². The molecule has 2 aromatic rings. The predicted octanol–water partition coefficient (Wildman–Crippen LogP) is 3.21. The van der Waals surface area contributed by atoms with Gasteiger partial charge in [0.1, 0.15) is 11.6 Å². The molecule has 0 aliphatic carbocycles. The van der Waals surface area contributed by atoms with Crippen molar-refractivity contribution in [1.29, 1.82) is 0 Å². The van der Waals surface area contributed by atoms with Crippen LogP contribution in [-0.2, 0) is 4.74 Å². The fraction of sp³-hybridized carbons (Fsp3) is 0.440. The first-order chi connectivity index (χ1) is 16.5. The standard InChI is InChI=1S/C25H33FN4O5/c1-16-14-29(23(31)35-20-8-6-19(26)7-9-20)22-11-17(5-10-21(22)30(16)24(32)34-4)18(12-27)13-28-15-25(2,3)33/h5-11,16,18,28,33H,12-15,27H2,1-4H3/t16-,18?/m0/s1. The highest BCUT2D eigenvalue weighted by Crippen LogP contribution is 2.38. The number of nitrogens with two attached hydrogens (primary N) is 1. The summed E-state index contributed by atoms with van der Waals surface area (Å²) in [7, 11) is 1.30. The number of halogens is 1. The first-order valence-corrected chi connectivity index (χ1v) is 11.4. The van der Waals surface area contributed by atoms with E-state index in [9.17, 15) is 19.1 Å². The molecule has 1 aliphatic heterocycles. The van der Waals surface area contributed by atoms with Gasteiger partial charge < -0.3 is 25.6 Å². The number of aliphatic hydroxyl groups is 1. The van der Waals surface area contributed by atoms with Crippen molar-refractivity contribution in [3.63, 3.8) is 0 Å². The lowest BCUT2D eigenvalue weighted by atomic mass is 9.96. The maximum absolute atomic E-state index is 13.3. The van der Waals surface area contributed by atoms with E-state index in [4.69, 9.17) is 15.2 Å². The number of carbonyl (C=O) groups is 2.